The van der Waals surface area contributed by atoms with E-state index in [-0.39, 0.29) is 0 Å². The van der Waals surface area contributed by atoms with Crippen molar-refractivity contribution in [1.29, 1.82) is 0 Å². The third-order valence-electron chi connectivity index (χ3n) is 3.34. The van der Waals surface area contributed by atoms with Crippen molar-refractivity contribution in [1.82, 2.24) is 14.9 Å². The van der Waals surface area contributed by atoms with E-state index in [0.717, 1.165) is 48.6 Å². The van der Waals surface area contributed by atoms with Crippen LogP contribution >= 0.6 is 15.9 Å². The largest absolute Gasteiger partial charge is 0.370 e. The predicted octanol–water partition coefficient (Wildman–Crippen LogP) is 3.72. The maximum Gasteiger partial charge on any atom is 0.132 e. The number of aryl methyl sites for hydroxylation is 1. The maximum atomic E-state index is 4.52. The SMILES string of the molecule is CCCc1nc(Br)cc(NCCCCN(C)C(C)C)n1. The smallest absolute Gasteiger partial charge is 0.132 e. The minimum absolute atomic E-state index is 0.623. The molecule has 20 heavy (non-hydrogen) atoms. The van der Waals surface area contributed by atoms with Crippen LogP contribution in [-0.4, -0.2) is 41.0 Å². The molecule has 0 saturated carbocycles. The van der Waals surface area contributed by atoms with Gasteiger partial charge in [0.05, 0.1) is 0 Å². The van der Waals surface area contributed by atoms with Crippen molar-refractivity contribution in [2.75, 3.05) is 25.5 Å². The van der Waals surface area contributed by atoms with Crippen molar-refractivity contribution in [3.63, 3.8) is 0 Å². The van der Waals surface area contributed by atoms with Gasteiger partial charge in [-0.1, -0.05) is 6.92 Å². The van der Waals surface area contributed by atoms with Gasteiger partial charge in [-0.05, 0) is 62.6 Å². The van der Waals surface area contributed by atoms with Gasteiger partial charge in [-0.2, -0.15) is 0 Å². The molecule has 0 aliphatic carbocycles. The second kappa shape index (κ2) is 9.29. The van der Waals surface area contributed by atoms with Crippen LogP contribution in [-0.2, 0) is 6.42 Å². The van der Waals surface area contributed by atoms with Crippen molar-refractivity contribution < 1.29 is 0 Å². The van der Waals surface area contributed by atoms with E-state index in [1.54, 1.807) is 0 Å². The van der Waals surface area contributed by atoms with Gasteiger partial charge in [0.25, 0.3) is 0 Å². The second-order valence-corrected chi connectivity index (χ2v) is 6.26. The van der Waals surface area contributed by atoms with Gasteiger partial charge >= 0.3 is 0 Å². The third kappa shape index (κ3) is 6.66. The van der Waals surface area contributed by atoms with Crippen molar-refractivity contribution in [3.8, 4) is 0 Å². The van der Waals surface area contributed by atoms with Crippen molar-refractivity contribution in [2.24, 2.45) is 0 Å². The van der Waals surface area contributed by atoms with E-state index >= 15 is 0 Å². The fourth-order valence-electron chi connectivity index (χ4n) is 1.85. The molecule has 0 aromatic carbocycles. The Morgan fingerprint density at radius 2 is 2.05 bits per heavy atom. The summed E-state index contributed by atoms with van der Waals surface area (Å²) < 4.78 is 0.859. The first-order valence-electron chi connectivity index (χ1n) is 7.50. The number of unbranched alkanes of at least 4 members (excludes halogenated alkanes) is 1. The van der Waals surface area contributed by atoms with Crippen molar-refractivity contribution in [3.05, 3.63) is 16.5 Å². The van der Waals surface area contributed by atoms with Gasteiger partial charge in [-0.25, -0.2) is 9.97 Å². The summed E-state index contributed by atoms with van der Waals surface area (Å²) >= 11 is 3.44. The van der Waals surface area contributed by atoms with Crippen LogP contribution in [0.5, 0.6) is 0 Å². The Kier molecular flexibility index (Phi) is 8.07. The number of anilines is 1. The molecule has 1 N–H and O–H groups in total. The first-order chi connectivity index (χ1) is 9.52. The van der Waals surface area contributed by atoms with Gasteiger partial charge in [0, 0.05) is 25.1 Å². The van der Waals surface area contributed by atoms with Crippen LogP contribution < -0.4 is 5.32 Å². The second-order valence-electron chi connectivity index (χ2n) is 5.45. The van der Waals surface area contributed by atoms with E-state index in [2.05, 4.69) is 63.9 Å². The topological polar surface area (TPSA) is 41.1 Å². The summed E-state index contributed by atoms with van der Waals surface area (Å²) in [5.41, 5.74) is 0. The number of hydrogen-bond donors (Lipinski definition) is 1. The van der Waals surface area contributed by atoms with Crippen LogP contribution in [0.1, 0.15) is 45.9 Å². The highest BCUT2D eigenvalue weighted by atomic mass is 79.9. The Morgan fingerprint density at radius 1 is 1.30 bits per heavy atom. The normalized spacial score (nSPS) is 11.3. The zero-order chi connectivity index (χ0) is 15.0. The van der Waals surface area contributed by atoms with E-state index in [9.17, 15) is 0 Å². The lowest BCUT2D eigenvalue weighted by molar-refractivity contribution is 0.269. The van der Waals surface area contributed by atoms with Crippen LogP contribution in [0.15, 0.2) is 10.7 Å². The Bertz CT molecular complexity index is 395. The summed E-state index contributed by atoms with van der Waals surface area (Å²) in [5, 5.41) is 3.39. The average Bonchev–Trinajstić information content (AvgIpc) is 2.37. The highest BCUT2D eigenvalue weighted by Crippen LogP contribution is 2.13. The first-order valence-corrected chi connectivity index (χ1v) is 8.29. The lowest BCUT2D eigenvalue weighted by Gasteiger charge is -2.20. The molecule has 0 spiro atoms. The molecule has 0 aliphatic heterocycles. The predicted molar refractivity (Wildman–Crippen MR) is 89.2 cm³/mol. The van der Waals surface area contributed by atoms with Gasteiger partial charge in [0.15, 0.2) is 0 Å². The monoisotopic (exact) mass is 342 g/mol. The van der Waals surface area contributed by atoms with Gasteiger partial charge < -0.3 is 10.2 Å². The van der Waals surface area contributed by atoms with Gasteiger partial charge in [0.2, 0.25) is 0 Å². The van der Waals surface area contributed by atoms with Gasteiger partial charge in [0.1, 0.15) is 16.2 Å². The fraction of sp³-hybridized carbons (Fsp3) is 0.733. The molecule has 1 heterocycles. The fourth-order valence-corrected chi connectivity index (χ4v) is 2.27. The van der Waals surface area contributed by atoms with Crippen LogP contribution in [0.4, 0.5) is 5.82 Å². The average molecular weight is 343 g/mol. The summed E-state index contributed by atoms with van der Waals surface area (Å²) in [7, 11) is 2.18. The highest BCUT2D eigenvalue weighted by molar-refractivity contribution is 9.10. The van der Waals surface area contributed by atoms with Crippen LogP contribution in [0.3, 0.4) is 0 Å². The Labute approximate surface area is 131 Å². The molecule has 114 valence electrons. The molecule has 1 aromatic heterocycles. The first kappa shape index (κ1) is 17.4. The highest BCUT2D eigenvalue weighted by Gasteiger charge is 2.03. The molecule has 5 heteroatoms. The molecule has 0 amide bonds. The molecule has 0 atom stereocenters. The van der Waals surface area contributed by atoms with E-state index in [0.29, 0.717) is 6.04 Å². The minimum atomic E-state index is 0.623. The molecule has 1 rings (SSSR count). The summed E-state index contributed by atoms with van der Waals surface area (Å²) in [6, 6.07) is 2.57. The van der Waals surface area contributed by atoms with Crippen molar-refractivity contribution in [2.45, 2.75) is 52.5 Å². The molecule has 0 radical (unpaired) electrons. The number of hydrogen-bond acceptors (Lipinski definition) is 4. The lowest BCUT2D eigenvalue weighted by Crippen LogP contribution is -2.27. The van der Waals surface area contributed by atoms with E-state index in [1.165, 1.54) is 6.42 Å². The summed E-state index contributed by atoms with van der Waals surface area (Å²) in [6.45, 7) is 8.70. The number of nitrogens with one attached hydrogen (secondary N) is 1. The molecule has 0 fully saturated rings. The van der Waals surface area contributed by atoms with E-state index < -0.39 is 0 Å². The molecule has 0 unspecified atom stereocenters. The molecular weight excluding hydrogens is 316 g/mol. The van der Waals surface area contributed by atoms with Crippen molar-refractivity contribution >= 4 is 21.7 Å². The molecule has 0 bridgehead atoms. The molecule has 0 aliphatic rings. The Hall–Kier alpha value is -0.680. The quantitative estimate of drug-likeness (QED) is 0.548. The maximum absolute atomic E-state index is 4.52. The third-order valence-corrected chi connectivity index (χ3v) is 3.75. The van der Waals surface area contributed by atoms with E-state index in [4.69, 9.17) is 0 Å². The lowest BCUT2D eigenvalue weighted by atomic mass is 10.2. The summed E-state index contributed by atoms with van der Waals surface area (Å²) in [6.07, 6.45) is 4.35. The number of halogens is 1. The number of rotatable bonds is 9. The molecule has 1 aromatic rings. The summed E-state index contributed by atoms with van der Waals surface area (Å²) in [4.78, 5) is 11.3. The Morgan fingerprint density at radius 3 is 2.70 bits per heavy atom. The van der Waals surface area contributed by atoms with E-state index in [1.807, 2.05) is 6.07 Å². The van der Waals surface area contributed by atoms with Crippen LogP contribution in [0, 0.1) is 0 Å². The van der Waals surface area contributed by atoms with Gasteiger partial charge in [-0.3, -0.25) is 0 Å². The number of nitrogens with zero attached hydrogens (tertiary/aromatic N) is 3. The minimum Gasteiger partial charge on any atom is -0.370 e. The van der Waals surface area contributed by atoms with Gasteiger partial charge in [-0.15, -0.1) is 0 Å². The Balaban J connectivity index is 2.31. The summed E-state index contributed by atoms with van der Waals surface area (Å²) in [5.74, 6) is 1.83. The zero-order valence-corrected chi connectivity index (χ0v) is 14.7. The zero-order valence-electron chi connectivity index (χ0n) is 13.1. The molecular formula is C15H27BrN4. The molecule has 0 saturated heterocycles. The molecule has 4 nitrogen and oxygen atoms in total. The standard InChI is InChI=1S/C15H27BrN4/c1-5-8-14-18-13(16)11-15(19-14)17-9-6-7-10-20(4)12(2)3/h11-12H,5-10H2,1-4H3,(H,17,18,19). The number of aromatic nitrogens is 2. The van der Waals surface area contributed by atoms with Crippen LogP contribution in [0.25, 0.3) is 0 Å². The van der Waals surface area contributed by atoms with Crippen LogP contribution in [0.2, 0.25) is 0 Å².